The average Bonchev–Trinajstić information content (AvgIpc) is 2.65. The Bertz CT molecular complexity index is 440. The largest absolute Gasteiger partial charge is 0.395 e. The Morgan fingerprint density at radius 3 is 2.63 bits per heavy atom. The zero-order valence-corrected chi connectivity index (χ0v) is 12.4. The number of hydrogen-bond acceptors (Lipinski definition) is 4. The summed E-state index contributed by atoms with van der Waals surface area (Å²) in [4.78, 5) is 14.4. The maximum Gasteiger partial charge on any atom is 0.274 e. The minimum Gasteiger partial charge on any atom is -0.395 e. The zero-order chi connectivity index (χ0) is 14.6. The molecule has 2 N–H and O–H groups in total. The zero-order valence-electron chi connectivity index (χ0n) is 12.4. The van der Waals surface area contributed by atoms with Gasteiger partial charge in [-0.25, -0.2) is 0 Å². The predicted molar refractivity (Wildman–Crippen MR) is 75.1 cm³/mol. The van der Waals surface area contributed by atoms with Crippen LogP contribution in [-0.4, -0.2) is 46.9 Å². The number of anilines is 1. The third-order valence-corrected chi connectivity index (χ3v) is 3.10. The number of nitrogens with two attached hydrogens (primary N) is 1. The van der Waals surface area contributed by atoms with E-state index in [0.29, 0.717) is 36.8 Å². The molecule has 1 heterocycles. The van der Waals surface area contributed by atoms with Crippen LogP contribution in [0.3, 0.4) is 0 Å². The highest BCUT2D eigenvalue weighted by atomic mass is 16.5. The molecule has 1 amide bonds. The van der Waals surface area contributed by atoms with Gasteiger partial charge in [-0.15, -0.1) is 0 Å². The van der Waals surface area contributed by atoms with Crippen molar-refractivity contribution in [2.24, 2.45) is 0 Å². The summed E-state index contributed by atoms with van der Waals surface area (Å²) in [5, 5.41) is 4.28. The summed E-state index contributed by atoms with van der Waals surface area (Å²) in [6.45, 7) is 9.37. The number of aryl methyl sites for hydroxylation is 2. The number of carbonyl (C=O) groups is 1. The van der Waals surface area contributed by atoms with Gasteiger partial charge in [0.15, 0.2) is 0 Å². The van der Waals surface area contributed by atoms with E-state index in [1.807, 2.05) is 27.7 Å². The number of methoxy groups -OCH3 is 1. The maximum absolute atomic E-state index is 12.6. The van der Waals surface area contributed by atoms with Gasteiger partial charge < -0.3 is 15.4 Å². The lowest BCUT2D eigenvalue weighted by atomic mass is 10.2. The number of ether oxygens (including phenoxy) is 1. The van der Waals surface area contributed by atoms with Crippen LogP contribution in [0.5, 0.6) is 0 Å². The van der Waals surface area contributed by atoms with E-state index in [-0.39, 0.29) is 11.9 Å². The van der Waals surface area contributed by atoms with E-state index in [0.717, 1.165) is 0 Å². The minimum absolute atomic E-state index is 0.0857. The van der Waals surface area contributed by atoms with Crippen LogP contribution in [0, 0.1) is 6.92 Å². The van der Waals surface area contributed by atoms with Gasteiger partial charge in [-0.3, -0.25) is 9.48 Å². The summed E-state index contributed by atoms with van der Waals surface area (Å²) < 4.78 is 6.71. The molecule has 0 aliphatic heterocycles. The van der Waals surface area contributed by atoms with Crippen molar-refractivity contribution >= 4 is 11.6 Å². The van der Waals surface area contributed by atoms with Crippen molar-refractivity contribution in [3.8, 4) is 0 Å². The third kappa shape index (κ3) is 3.26. The normalized spacial score (nSPS) is 11.1. The highest BCUT2D eigenvalue weighted by Crippen LogP contribution is 2.19. The van der Waals surface area contributed by atoms with Crippen LogP contribution in [0.15, 0.2) is 0 Å². The summed E-state index contributed by atoms with van der Waals surface area (Å²) in [6.07, 6.45) is 0. The van der Waals surface area contributed by atoms with Gasteiger partial charge in [0.25, 0.3) is 5.91 Å². The minimum atomic E-state index is -0.0907. The Morgan fingerprint density at radius 2 is 2.16 bits per heavy atom. The van der Waals surface area contributed by atoms with Gasteiger partial charge in [0.2, 0.25) is 0 Å². The lowest BCUT2D eigenvalue weighted by Crippen LogP contribution is -2.40. The monoisotopic (exact) mass is 268 g/mol. The van der Waals surface area contributed by atoms with Gasteiger partial charge in [-0.2, -0.15) is 5.10 Å². The van der Waals surface area contributed by atoms with Crippen LogP contribution in [0.2, 0.25) is 0 Å². The fourth-order valence-electron chi connectivity index (χ4n) is 1.97. The van der Waals surface area contributed by atoms with E-state index < -0.39 is 0 Å². The SMILES string of the molecule is CCn1nc(C)c(N)c1C(=O)N(CCOC)C(C)C. The second kappa shape index (κ2) is 6.56. The molecule has 0 aliphatic rings. The molecule has 108 valence electrons. The van der Waals surface area contributed by atoms with Gasteiger partial charge in [0.05, 0.1) is 18.0 Å². The van der Waals surface area contributed by atoms with Gasteiger partial charge in [-0.1, -0.05) is 0 Å². The smallest absolute Gasteiger partial charge is 0.274 e. The van der Waals surface area contributed by atoms with Crippen molar-refractivity contribution in [3.63, 3.8) is 0 Å². The number of carbonyl (C=O) groups excluding carboxylic acids is 1. The number of amides is 1. The van der Waals surface area contributed by atoms with Crippen LogP contribution in [0.4, 0.5) is 5.69 Å². The summed E-state index contributed by atoms with van der Waals surface area (Å²) in [7, 11) is 1.62. The molecule has 1 rings (SSSR count). The van der Waals surface area contributed by atoms with Crippen molar-refractivity contribution in [2.75, 3.05) is 26.0 Å². The number of hydrogen-bond donors (Lipinski definition) is 1. The topological polar surface area (TPSA) is 73.4 Å². The first-order valence-electron chi connectivity index (χ1n) is 6.56. The lowest BCUT2D eigenvalue weighted by molar-refractivity contribution is 0.0624. The second-order valence-corrected chi connectivity index (χ2v) is 4.75. The molecule has 0 aliphatic carbocycles. The Hall–Kier alpha value is -1.56. The third-order valence-electron chi connectivity index (χ3n) is 3.10. The molecule has 0 saturated heterocycles. The number of rotatable bonds is 6. The number of nitrogens with zero attached hydrogens (tertiary/aromatic N) is 3. The van der Waals surface area contributed by atoms with E-state index in [2.05, 4.69) is 5.10 Å². The van der Waals surface area contributed by atoms with Gasteiger partial charge >= 0.3 is 0 Å². The molecule has 1 aromatic heterocycles. The van der Waals surface area contributed by atoms with E-state index in [9.17, 15) is 4.79 Å². The van der Waals surface area contributed by atoms with E-state index in [1.165, 1.54) is 0 Å². The van der Waals surface area contributed by atoms with Crippen molar-refractivity contribution < 1.29 is 9.53 Å². The number of aromatic nitrogens is 2. The number of nitrogen functional groups attached to an aromatic ring is 1. The molecule has 0 saturated carbocycles. The molecular formula is C13H24N4O2. The Kier molecular flexibility index (Phi) is 5.35. The Labute approximate surface area is 114 Å². The predicted octanol–water partition coefficient (Wildman–Crippen LogP) is 1.29. The van der Waals surface area contributed by atoms with E-state index in [4.69, 9.17) is 10.5 Å². The van der Waals surface area contributed by atoms with Crippen LogP contribution in [-0.2, 0) is 11.3 Å². The highest BCUT2D eigenvalue weighted by molar-refractivity contribution is 5.98. The molecular weight excluding hydrogens is 244 g/mol. The van der Waals surface area contributed by atoms with Gasteiger partial charge in [0.1, 0.15) is 5.69 Å². The fourth-order valence-corrected chi connectivity index (χ4v) is 1.97. The molecule has 0 aromatic carbocycles. The maximum atomic E-state index is 12.6. The first-order chi connectivity index (χ1) is 8.93. The lowest BCUT2D eigenvalue weighted by Gasteiger charge is -2.26. The van der Waals surface area contributed by atoms with Crippen molar-refractivity contribution in [1.82, 2.24) is 14.7 Å². The molecule has 0 fully saturated rings. The summed E-state index contributed by atoms with van der Waals surface area (Å²) in [5.74, 6) is -0.0907. The van der Waals surface area contributed by atoms with E-state index in [1.54, 1.807) is 16.7 Å². The van der Waals surface area contributed by atoms with Crippen molar-refractivity contribution in [2.45, 2.75) is 40.3 Å². The standard InChI is InChI=1S/C13H24N4O2/c1-6-17-12(11(14)10(4)15-17)13(18)16(9(2)3)7-8-19-5/h9H,6-8,14H2,1-5H3. The molecule has 0 spiro atoms. The molecule has 1 aromatic rings. The summed E-state index contributed by atoms with van der Waals surface area (Å²) in [5.41, 5.74) is 7.62. The van der Waals surface area contributed by atoms with Crippen LogP contribution in [0.1, 0.15) is 37.0 Å². The quantitative estimate of drug-likeness (QED) is 0.843. The van der Waals surface area contributed by atoms with E-state index >= 15 is 0 Å². The first-order valence-corrected chi connectivity index (χ1v) is 6.56. The molecule has 6 nitrogen and oxygen atoms in total. The molecule has 0 bridgehead atoms. The molecule has 19 heavy (non-hydrogen) atoms. The van der Waals surface area contributed by atoms with Gasteiger partial charge in [0, 0.05) is 26.2 Å². The first kappa shape index (κ1) is 15.5. The van der Waals surface area contributed by atoms with Gasteiger partial charge in [-0.05, 0) is 27.7 Å². The molecule has 6 heteroatoms. The molecule has 0 atom stereocenters. The van der Waals surface area contributed by atoms with Crippen molar-refractivity contribution in [1.29, 1.82) is 0 Å². The second-order valence-electron chi connectivity index (χ2n) is 4.75. The van der Waals surface area contributed by atoms with Crippen molar-refractivity contribution in [3.05, 3.63) is 11.4 Å². The average molecular weight is 268 g/mol. The Morgan fingerprint density at radius 1 is 1.53 bits per heavy atom. The summed E-state index contributed by atoms with van der Waals surface area (Å²) in [6, 6.07) is 0.0857. The summed E-state index contributed by atoms with van der Waals surface area (Å²) >= 11 is 0. The van der Waals surface area contributed by atoms with Crippen LogP contribution in [0.25, 0.3) is 0 Å². The highest BCUT2D eigenvalue weighted by Gasteiger charge is 2.25. The van der Waals surface area contributed by atoms with Crippen LogP contribution >= 0.6 is 0 Å². The van der Waals surface area contributed by atoms with Crippen LogP contribution < -0.4 is 5.73 Å². The Balaban J connectivity index is 3.09. The molecule has 0 radical (unpaired) electrons. The molecule has 0 unspecified atom stereocenters. The fraction of sp³-hybridized carbons (Fsp3) is 0.692.